The summed E-state index contributed by atoms with van der Waals surface area (Å²) >= 11 is 0. The molecule has 0 heterocycles. The monoisotopic (exact) mass is 224 g/mol. The minimum atomic E-state index is 0.813. The molecule has 0 amide bonds. The lowest BCUT2D eigenvalue weighted by Crippen LogP contribution is -1.84. The standard InChI is InChI=1S/C14H12N2O/c1-17-14-9-7-12(8-10-14)11-15-16-13-5-3-2-4-6-13/h2-10H,1H3. The highest BCUT2D eigenvalue weighted by atomic mass is 16.5. The highest BCUT2D eigenvalue weighted by molar-refractivity contribution is 5.80. The van der Waals surface area contributed by atoms with Crippen LogP contribution in [-0.4, -0.2) is 13.3 Å². The van der Waals surface area contributed by atoms with Gasteiger partial charge in [-0.2, -0.15) is 0 Å². The Balaban J connectivity index is 1.96. The molecule has 2 aromatic carbocycles. The summed E-state index contributed by atoms with van der Waals surface area (Å²) in [6, 6.07) is 17.0. The van der Waals surface area contributed by atoms with E-state index in [2.05, 4.69) is 16.7 Å². The predicted molar refractivity (Wildman–Crippen MR) is 69.0 cm³/mol. The first kappa shape index (κ1) is 11.1. The SMILES string of the molecule is COc1ccc([C+]=N[N-]c2ccccc2)cc1. The van der Waals surface area contributed by atoms with Crippen LogP contribution in [0.2, 0.25) is 0 Å². The maximum absolute atomic E-state index is 5.06. The third-order valence-electron chi connectivity index (χ3n) is 2.19. The topological polar surface area (TPSA) is 35.7 Å². The molecular formula is C14H12N2O. The number of benzene rings is 2. The molecule has 0 saturated carbocycles. The van der Waals surface area contributed by atoms with Crippen LogP contribution >= 0.6 is 0 Å². The zero-order valence-electron chi connectivity index (χ0n) is 9.50. The minimum absolute atomic E-state index is 0.813. The van der Waals surface area contributed by atoms with Crippen LogP contribution in [0.3, 0.4) is 0 Å². The normalized spacial score (nSPS) is 9.94. The summed E-state index contributed by atoms with van der Waals surface area (Å²) in [5, 5.41) is 3.90. The van der Waals surface area contributed by atoms with Crippen molar-refractivity contribution in [3.8, 4) is 5.75 Å². The molecule has 2 rings (SSSR count). The maximum Gasteiger partial charge on any atom is 0.208 e. The Morgan fingerprint density at radius 1 is 1.00 bits per heavy atom. The van der Waals surface area contributed by atoms with Crippen LogP contribution in [0.25, 0.3) is 5.43 Å². The number of rotatable bonds is 4. The largest absolute Gasteiger partial charge is 0.553 e. The third kappa shape index (κ3) is 3.30. The van der Waals surface area contributed by atoms with E-state index in [4.69, 9.17) is 4.74 Å². The van der Waals surface area contributed by atoms with Gasteiger partial charge >= 0.3 is 0 Å². The molecule has 0 unspecified atom stereocenters. The average molecular weight is 224 g/mol. The van der Waals surface area contributed by atoms with Crippen molar-refractivity contribution in [1.29, 1.82) is 0 Å². The molecule has 0 radical (unpaired) electrons. The van der Waals surface area contributed by atoms with Gasteiger partial charge in [0.15, 0.2) is 0 Å². The molecule has 3 nitrogen and oxygen atoms in total. The fourth-order valence-electron chi connectivity index (χ4n) is 1.30. The second-order valence-corrected chi connectivity index (χ2v) is 3.38. The van der Waals surface area contributed by atoms with Gasteiger partial charge in [-0.05, 0) is 0 Å². The summed E-state index contributed by atoms with van der Waals surface area (Å²) in [5.74, 6) is 0.815. The van der Waals surface area contributed by atoms with E-state index in [-0.39, 0.29) is 0 Å². The maximum atomic E-state index is 5.06. The van der Waals surface area contributed by atoms with Crippen LogP contribution in [0, 0.1) is 0 Å². The van der Waals surface area contributed by atoms with Gasteiger partial charge in [0.1, 0.15) is 12.0 Å². The number of hydrogen-bond acceptors (Lipinski definition) is 2. The van der Waals surface area contributed by atoms with Crippen LogP contribution < -0.4 is 4.74 Å². The zero-order chi connectivity index (χ0) is 11.9. The summed E-state index contributed by atoms with van der Waals surface area (Å²) in [4.78, 5) is 0. The van der Waals surface area contributed by atoms with Gasteiger partial charge in [0.05, 0.1) is 19.2 Å². The van der Waals surface area contributed by atoms with Crippen molar-refractivity contribution in [3.05, 3.63) is 65.6 Å². The van der Waals surface area contributed by atoms with Crippen molar-refractivity contribution in [2.75, 3.05) is 7.11 Å². The van der Waals surface area contributed by atoms with Gasteiger partial charge in [-0.25, -0.2) is 5.10 Å². The molecular weight excluding hydrogens is 212 g/mol. The second-order valence-electron chi connectivity index (χ2n) is 3.38. The minimum Gasteiger partial charge on any atom is -0.553 e. The summed E-state index contributed by atoms with van der Waals surface area (Å²) < 4.78 is 5.06. The Bertz CT molecular complexity index is 477. The lowest BCUT2D eigenvalue weighted by atomic mass is 10.2. The Hall–Kier alpha value is -2.38. The summed E-state index contributed by atoms with van der Waals surface area (Å²) in [5.41, 5.74) is 5.71. The molecule has 0 N–H and O–H groups in total. The van der Waals surface area contributed by atoms with E-state index in [0.29, 0.717) is 0 Å². The van der Waals surface area contributed by atoms with E-state index in [0.717, 1.165) is 17.0 Å². The average Bonchev–Trinajstić information content (AvgIpc) is 2.41. The van der Waals surface area contributed by atoms with Gasteiger partial charge in [0.2, 0.25) is 5.56 Å². The first-order chi connectivity index (χ1) is 8.38. The van der Waals surface area contributed by atoms with E-state index in [1.165, 1.54) is 0 Å². The van der Waals surface area contributed by atoms with E-state index >= 15 is 0 Å². The van der Waals surface area contributed by atoms with Crippen LogP contribution in [0.5, 0.6) is 5.75 Å². The zero-order valence-corrected chi connectivity index (χ0v) is 9.50. The van der Waals surface area contributed by atoms with Crippen molar-refractivity contribution >= 4 is 11.9 Å². The third-order valence-corrected chi connectivity index (χ3v) is 2.19. The van der Waals surface area contributed by atoms with Crippen molar-refractivity contribution in [2.45, 2.75) is 0 Å². The number of ether oxygens (including phenoxy) is 1. The van der Waals surface area contributed by atoms with Crippen molar-refractivity contribution in [1.82, 2.24) is 0 Å². The fraction of sp³-hybridized carbons (Fsp3) is 0.0714. The lowest BCUT2D eigenvalue weighted by molar-refractivity contribution is 0.415. The molecule has 2 aromatic rings. The molecule has 84 valence electrons. The van der Waals surface area contributed by atoms with Crippen LogP contribution in [0.4, 0.5) is 5.69 Å². The Kier molecular flexibility index (Phi) is 3.68. The summed E-state index contributed by atoms with van der Waals surface area (Å²) in [7, 11) is 1.64. The van der Waals surface area contributed by atoms with Crippen molar-refractivity contribution in [3.63, 3.8) is 0 Å². The molecule has 0 aliphatic heterocycles. The van der Waals surface area contributed by atoms with Gasteiger partial charge in [0.25, 0.3) is 0 Å². The lowest BCUT2D eigenvalue weighted by Gasteiger charge is -2.10. The molecule has 0 atom stereocenters. The van der Waals surface area contributed by atoms with E-state index in [1.54, 1.807) is 7.11 Å². The van der Waals surface area contributed by atoms with Crippen LogP contribution in [0.15, 0.2) is 59.7 Å². The predicted octanol–water partition coefficient (Wildman–Crippen LogP) is 3.61. The molecule has 0 aliphatic rings. The summed E-state index contributed by atoms with van der Waals surface area (Å²) in [6.07, 6.45) is 2.85. The second kappa shape index (κ2) is 5.64. The van der Waals surface area contributed by atoms with Gasteiger partial charge < -0.3 is 10.2 Å². The number of methoxy groups -OCH3 is 1. The number of hydrogen-bond donors (Lipinski definition) is 0. The molecule has 0 fully saturated rings. The fourth-order valence-corrected chi connectivity index (χ4v) is 1.30. The van der Waals surface area contributed by atoms with Gasteiger partial charge in [-0.3, -0.25) is 0 Å². The first-order valence-electron chi connectivity index (χ1n) is 5.24. The molecule has 0 saturated heterocycles. The molecule has 0 aromatic heterocycles. The van der Waals surface area contributed by atoms with E-state index in [9.17, 15) is 0 Å². The Labute approximate surface area is 101 Å². The Morgan fingerprint density at radius 3 is 2.35 bits per heavy atom. The Morgan fingerprint density at radius 2 is 1.71 bits per heavy atom. The molecule has 17 heavy (non-hydrogen) atoms. The number of nitrogens with zero attached hydrogens (tertiary/aromatic N) is 2. The van der Waals surface area contributed by atoms with E-state index in [1.807, 2.05) is 54.6 Å². The first-order valence-corrected chi connectivity index (χ1v) is 5.24. The molecule has 0 bridgehead atoms. The quantitative estimate of drug-likeness (QED) is 0.444. The molecule has 0 aliphatic carbocycles. The van der Waals surface area contributed by atoms with E-state index < -0.39 is 0 Å². The van der Waals surface area contributed by atoms with Gasteiger partial charge in [-0.15, -0.1) is 5.69 Å². The van der Waals surface area contributed by atoms with Crippen LogP contribution in [0.1, 0.15) is 5.56 Å². The highest BCUT2D eigenvalue weighted by Crippen LogP contribution is 2.17. The van der Waals surface area contributed by atoms with Gasteiger partial charge in [-0.1, -0.05) is 30.3 Å². The van der Waals surface area contributed by atoms with Crippen molar-refractivity contribution in [2.24, 2.45) is 5.10 Å². The molecule has 3 heteroatoms. The summed E-state index contributed by atoms with van der Waals surface area (Å²) in [6.45, 7) is 0. The highest BCUT2D eigenvalue weighted by Gasteiger charge is 1.98. The van der Waals surface area contributed by atoms with Crippen molar-refractivity contribution < 1.29 is 4.74 Å². The van der Waals surface area contributed by atoms with Crippen LogP contribution in [-0.2, 0) is 0 Å². The van der Waals surface area contributed by atoms with Gasteiger partial charge in [0, 0.05) is 12.1 Å². The molecule has 0 spiro atoms. The smallest absolute Gasteiger partial charge is 0.208 e.